The maximum absolute atomic E-state index is 8.89. The summed E-state index contributed by atoms with van der Waals surface area (Å²) in [6.07, 6.45) is 3.04. The summed E-state index contributed by atoms with van der Waals surface area (Å²) in [5.74, 6) is 1.54. The van der Waals surface area contributed by atoms with Crippen molar-refractivity contribution in [2.24, 2.45) is 5.92 Å². The number of piperazine rings is 1. The van der Waals surface area contributed by atoms with Gasteiger partial charge in [-0.1, -0.05) is 17.3 Å². The van der Waals surface area contributed by atoms with Crippen LogP contribution in [0.15, 0.2) is 28.8 Å². The molecule has 2 aliphatic rings. The molecule has 2 atom stereocenters. The molecule has 0 unspecified atom stereocenters. The predicted molar refractivity (Wildman–Crippen MR) is 84.5 cm³/mol. The number of aromatic nitrogens is 1. The molecule has 114 valence electrons. The number of piperidine rings is 1. The number of nitriles is 1. The molecule has 1 aromatic heterocycles. The number of benzene rings is 1. The molecule has 0 N–H and O–H groups in total. The number of rotatable bonds is 2. The molecular weight excluding hydrogens is 276 g/mol. The quantitative estimate of drug-likeness (QED) is 0.852. The molecule has 2 fully saturated rings. The van der Waals surface area contributed by atoms with E-state index in [2.05, 4.69) is 27.1 Å². The van der Waals surface area contributed by atoms with Crippen molar-refractivity contribution in [2.45, 2.75) is 25.3 Å². The first-order chi connectivity index (χ1) is 10.8. The average molecular weight is 296 g/mol. The smallest absolute Gasteiger partial charge is 0.180 e. The number of fused-ring (bicyclic) bond motifs is 2. The van der Waals surface area contributed by atoms with Gasteiger partial charge in [0.15, 0.2) is 11.4 Å². The van der Waals surface area contributed by atoms with Gasteiger partial charge in [0.1, 0.15) is 0 Å². The minimum absolute atomic E-state index is 0.556. The molecule has 2 aromatic rings. The van der Waals surface area contributed by atoms with Gasteiger partial charge in [0.05, 0.1) is 11.5 Å². The molecule has 0 bridgehead atoms. The fourth-order valence-electron chi connectivity index (χ4n) is 3.85. The number of nitrogens with zero attached hydrogens (tertiary/aromatic N) is 4. The van der Waals surface area contributed by atoms with Crippen LogP contribution < -0.4 is 4.90 Å². The van der Waals surface area contributed by atoms with Gasteiger partial charge in [-0.05, 0) is 30.9 Å². The molecule has 2 aliphatic heterocycles. The normalized spacial score (nSPS) is 25.9. The van der Waals surface area contributed by atoms with E-state index in [1.807, 2.05) is 18.2 Å². The summed E-state index contributed by atoms with van der Waals surface area (Å²) in [6, 6.07) is 11.0. The van der Waals surface area contributed by atoms with Crippen LogP contribution in [-0.4, -0.2) is 42.3 Å². The summed E-state index contributed by atoms with van der Waals surface area (Å²) in [7, 11) is 0. The second-order valence-corrected chi connectivity index (χ2v) is 6.40. The Morgan fingerprint density at radius 2 is 2.14 bits per heavy atom. The zero-order valence-corrected chi connectivity index (χ0v) is 12.6. The number of hydrogen-bond donors (Lipinski definition) is 0. The van der Waals surface area contributed by atoms with Crippen LogP contribution in [0.5, 0.6) is 0 Å². The predicted octanol–water partition coefficient (Wildman–Crippen LogP) is 2.64. The summed E-state index contributed by atoms with van der Waals surface area (Å²) in [4.78, 5) is 4.92. The van der Waals surface area contributed by atoms with Crippen LogP contribution in [0.2, 0.25) is 0 Å². The second-order valence-electron chi connectivity index (χ2n) is 6.40. The van der Waals surface area contributed by atoms with Crippen molar-refractivity contribution in [3.63, 3.8) is 0 Å². The Hall–Kier alpha value is -2.06. The highest BCUT2D eigenvalue weighted by atomic mass is 16.5. The van der Waals surface area contributed by atoms with E-state index in [1.165, 1.54) is 12.8 Å². The molecular formula is C17H20N4O. The van der Waals surface area contributed by atoms with Crippen LogP contribution in [0, 0.1) is 17.2 Å². The Labute approximate surface area is 130 Å². The first-order valence-electron chi connectivity index (χ1n) is 8.05. The molecule has 5 nitrogen and oxygen atoms in total. The van der Waals surface area contributed by atoms with E-state index in [4.69, 9.17) is 9.78 Å². The Balaban J connectivity index is 1.50. The van der Waals surface area contributed by atoms with Crippen LogP contribution >= 0.6 is 0 Å². The van der Waals surface area contributed by atoms with Gasteiger partial charge in [-0.15, -0.1) is 0 Å². The van der Waals surface area contributed by atoms with Crippen molar-refractivity contribution in [1.82, 2.24) is 10.1 Å². The highest BCUT2D eigenvalue weighted by Crippen LogP contribution is 2.31. The number of para-hydroxylation sites is 1. The Morgan fingerprint density at radius 1 is 1.23 bits per heavy atom. The van der Waals surface area contributed by atoms with Gasteiger partial charge in [0, 0.05) is 38.6 Å². The minimum atomic E-state index is 0.556. The first-order valence-corrected chi connectivity index (χ1v) is 8.05. The summed E-state index contributed by atoms with van der Waals surface area (Å²) < 4.78 is 5.45. The lowest BCUT2D eigenvalue weighted by molar-refractivity contribution is 0.0968. The molecule has 3 heterocycles. The molecule has 0 aliphatic carbocycles. The molecule has 5 heteroatoms. The van der Waals surface area contributed by atoms with Gasteiger partial charge >= 0.3 is 0 Å². The van der Waals surface area contributed by atoms with Crippen LogP contribution in [0.3, 0.4) is 0 Å². The van der Waals surface area contributed by atoms with E-state index in [-0.39, 0.29) is 0 Å². The lowest BCUT2D eigenvalue weighted by atomic mass is 9.89. The van der Waals surface area contributed by atoms with Crippen LogP contribution in [0.4, 0.5) is 5.82 Å². The van der Waals surface area contributed by atoms with Crippen LogP contribution in [0.1, 0.15) is 19.3 Å². The lowest BCUT2D eigenvalue weighted by Crippen LogP contribution is -2.56. The van der Waals surface area contributed by atoms with Gasteiger partial charge in [-0.25, -0.2) is 0 Å². The first kappa shape index (κ1) is 13.6. The number of anilines is 1. The Kier molecular flexibility index (Phi) is 3.47. The Bertz CT molecular complexity index is 704. The highest BCUT2D eigenvalue weighted by Gasteiger charge is 2.33. The summed E-state index contributed by atoms with van der Waals surface area (Å²) in [5, 5.41) is 14.3. The third kappa shape index (κ3) is 2.34. The SMILES string of the molecule is N#CC[C@@H]1CC[C@@H]2CN(c3noc4ccccc34)CCN2C1. The van der Waals surface area contributed by atoms with Gasteiger partial charge in [-0.2, -0.15) is 5.26 Å². The summed E-state index contributed by atoms with van der Waals surface area (Å²) in [6.45, 7) is 4.11. The van der Waals surface area contributed by atoms with Crippen molar-refractivity contribution in [2.75, 3.05) is 31.1 Å². The zero-order chi connectivity index (χ0) is 14.9. The maximum Gasteiger partial charge on any atom is 0.180 e. The lowest BCUT2D eigenvalue weighted by Gasteiger charge is -2.46. The molecule has 0 spiro atoms. The van der Waals surface area contributed by atoms with Crippen molar-refractivity contribution in [3.8, 4) is 6.07 Å². The summed E-state index contributed by atoms with van der Waals surface area (Å²) in [5.41, 5.74) is 0.859. The van der Waals surface area contributed by atoms with Crippen LogP contribution in [-0.2, 0) is 0 Å². The number of hydrogen-bond acceptors (Lipinski definition) is 5. The molecule has 1 aromatic carbocycles. The van der Waals surface area contributed by atoms with Gasteiger partial charge in [0.25, 0.3) is 0 Å². The molecule has 2 saturated heterocycles. The van der Waals surface area contributed by atoms with Crippen LogP contribution in [0.25, 0.3) is 11.0 Å². The van der Waals surface area contributed by atoms with Crippen molar-refractivity contribution < 1.29 is 4.52 Å². The fraction of sp³-hybridized carbons (Fsp3) is 0.529. The third-order valence-corrected chi connectivity index (χ3v) is 5.04. The van der Waals surface area contributed by atoms with E-state index < -0.39 is 0 Å². The van der Waals surface area contributed by atoms with E-state index in [1.54, 1.807) is 0 Å². The Morgan fingerprint density at radius 3 is 3.05 bits per heavy atom. The van der Waals surface area contributed by atoms with Gasteiger partial charge in [0.2, 0.25) is 0 Å². The third-order valence-electron chi connectivity index (χ3n) is 5.04. The average Bonchev–Trinajstić information content (AvgIpc) is 2.99. The van der Waals surface area contributed by atoms with Crippen molar-refractivity contribution in [3.05, 3.63) is 24.3 Å². The largest absolute Gasteiger partial charge is 0.354 e. The van der Waals surface area contributed by atoms with E-state index >= 15 is 0 Å². The second kappa shape index (κ2) is 5.62. The molecule has 0 saturated carbocycles. The van der Waals surface area contributed by atoms with E-state index in [9.17, 15) is 0 Å². The fourth-order valence-corrected chi connectivity index (χ4v) is 3.85. The van der Waals surface area contributed by atoms with E-state index in [0.717, 1.165) is 43.0 Å². The molecule has 22 heavy (non-hydrogen) atoms. The summed E-state index contributed by atoms with van der Waals surface area (Å²) >= 11 is 0. The molecule has 0 radical (unpaired) electrons. The van der Waals surface area contributed by atoms with E-state index in [0.29, 0.717) is 18.4 Å². The minimum Gasteiger partial charge on any atom is -0.354 e. The highest BCUT2D eigenvalue weighted by molar-refractivity contribution is 5.88. The molecule has 4 rings (SSSR count). The van der Waals surface area contributed by atoms with Gasteiger partial charge in [-0.3, -0.25) is 4.90 Å². The van der Waals surface area contributed by atoms with Crippen molar-refractivity contribution >= 4 is 16.8 Å². The van der Waals surface area contributed by atoms with Gasteiger partial charge < -0.3 is 9.42 Å². The topological polar surface area (TPSA) is 56.3 Å². The monoisotopic (exact) mass is 296 g/mol. The standard InChI is InChI=1S/C17H20N4O/c18-8-7-13-5-6-14-12-21(10-9-20(14)11-13)17-15-3-1-2-4-16(15)22-19-17/h1-4,13-14H,5-7,9-12H2/t13-,14+/m0/s1. The molecule has 0 amide bonds. The van der Waals surface area contributed by atoms with Crippen molar-refractivity contribution in [1.29, 1.82) is 5.26 Å². The zero-order valence-electron chi connectivity index (χ0n) is 12.6. The maximum atomic E-state index is 8.89.